The summed E-state index contributed by atoms with van der Waals surface area (Å²) in [7, 11) is 1.43. The fourth-order valence-corrected chi connectivity index (χ4v) is 1.31. The molecule has 0 spiro atoms. The average Bonchev–Trinajstić information content (AvgIpc) is 1.85. The number of rotatable bonds is 2. The largest absolute Gasteiger partial charge is 0.240 e. The van der Waals surface area contributed by atoms with Crippen LogP contribution in [0.2, 0.25) is 0 Å². The predicted octanol–water partition coefficient (Wildman–Crippen LogP) is 0.545. The van der Waals surface area contributed by atoms with Crippen LogP contribution in [0.15, 0.2) is 18.5 Å². The summed E-state index contributed by atoms with van der Waals surface area (Å²) in [6, 6.07) is 1.60. The van der Waals surface area contributed by atoms with Crippen molar-refractivity contribution in [1.82, 2.24) is 9.97 Å². The number of hydrogen-bond donors (Lipinski definition) is 0. The number of halogens is 1. The smallest absolute Gasteiger partial charge is 0.239 e. The molecule has 1 rings (SSSR count). The fraction of sp³-hybridized carbons (Fsp3) is 0.200. The number of hydrogen-bond acceptors (Lipinski definition) is 4. The van der Waals surface area contributed by atoms with Gasteiger partial charge in [0.2, 0.25) is 9.05 Å². The van der Waals surface area contributed by atoms with Gasteiger partial charge in [-0.1, -0.05) is 0 Å². The Morgan fingerprint density at radius 2 is 1.91 bits per heavy atom. The lowest BCUT2D eigenvalue weighted by molar-refractivity contribution is 0.607. The fourth-order valence-electron chi connectivity index (χ4n) is 0.559. The molecule has 0 radical (unpaired) electrons. The highest BCUT2D eigenvalue weighted by atomic mass is 35.7. The molecular weight excluding hydrogens is 188 g/mol. The van der Waals surface area contributed by atoms with Crippen LogP contribution in [0, 0.1) is 0 Å². The third-order valence-electron chi connectivity index (χ3n) is 0.921. The van der Waals surface area contributed by atoms with Gasteiger partial charge in [0.05, 0.1) is 0 Å². The van der Waals surface area contributed by atoms with Crippen molar-refractivity contribution >= 4 is 19.7 Å². The zero-order chi connectivity index (χ0) is 8.32. The van der Waals surface area contributed by atoms with Gasteiger partial charge in [0.25, 0.3) is 0 Å². The standard InChI is InChI=1S/C5H5ClN2O2S/c6-11(9,10)4-5-7-2-1-3-8-5/h1-3H,4H2. The van der Waals surface area contributed by atoms with Crippen LogP contribution in [0.1, 0.15) is 5.82 Å². The first-order chi connectivity index (χ1) is 5.08. The van der Waals surface area contributed by atoms with Gasteiger partial charge in [-0.05, 0) is 6.07 Å². The van der Waals surface area contributed by atoms with Gasteiger partial charge < -0.3 is 0 Å². The first-order valence-electron chi connectivity index (χ1n) is 2.76. The lowest BCUT2D eigenvalue weighted by Crippen LogP contribution is -1.99. The zero-order valence-electron chi connectivity index (χ0n) is 5.44. The second-order valence-electron chi connectivity index (χ2n) is 1.85. The molecule has 60 valence electrons. The third-order valence-corrected chi connectivity index (χ3v) is 1.85. The van der Waals surface area contributed by atoms with Crippen LogP contribution in [-0.4, -0.2) is 18.4 Å². The van der Waals surface area contributed by atoms with Crippen molar-refractivity contribution in [2.45, 2.75) is 5.75 Å². The van der Waals surface area contributed by atoms with E-state index >= 15 is 0 Å². The van der Waals surface area contributed by atoms with Crippen molar-refractivity contribution in [3.8, 4) is 0 Å². The molecule has 0 N–H and O–H groups in total. The summed E-state index contributed by atoms with van der Waals surface area (Å²) >= 11 is 0. The van der Waals surface area contributed by atoms with Crippen LogP contribution in [0.4, 0.5) is 0 Å². The molecule has 6 heteroatoms. The van der Waals surface area contributed by atoms with Gasteiger partial charge in [0.1, 0.15) is 11.6 Å². The van der Waals surface area contributed by atoms with Crippen molar-refractivity contribution in [1.29, 1.82) is 0 Å². The predicted molar refractivity (Wildman–Crippen MR) is 40.5 cm³/mol. The Labute approximate surface area is 68.7 Å². The summed E-state index contributed by atoms with van der Waals surface area (Å²) in [5, 5.41) is 0. The maximum Gasteiger partial charge on any atom is 0.239 e. The Morgan fingerprint density at radius 1 is 1.36 bits per heavy atom. The highest BCUT2D eigenvalue weighted by molar-refractivity contribution is 8.13. The van der Waals surface area contributed by atoms with Crippen molar-refractivity contribution in [2.24, 2.45) is 0 Å². The molecule has 0 saturated heterocycles. The lowest BCUT2D eigenvalue weighted by Gasteiger charge is -1.92. The van der Waals surface area contributed by atoms with E-state index in [0.29, 0.717) is 0 Å². The highest BCUT2D eigenvalue weighted by Crippen LogP contribution is 2.02. The van der Waals surface area contributed by atoms with E-state index in [9.17, 15) is 8.42 Å². The first kappa shape index (κ1) is 8.42. The van der Waals surface area contributed by atoms with Crippen molar-refractivity contribution in [3.05, 3.63) is 24.3 Å². The van der Waals surface area contributed by atoms with E-state index in [2.05, 4.69) is 9.97 Å². The van der Waals surface area contributed by atoms with Crippen LogP contribution in [0.5, 0.6) is 0 Å². The molecule has 0 unspecified atom stereocenters. The molecule has 0 atom stereocenters. The van der Waals surface area contributed by atoms with E-state index in [4.69, 9.17) is 10.7 Å². The van der Waals surface area contributed by atoms with Crippen molar-refractivity contribution in [3.63, 3.8) is 0 Å². The quantitative estimate of drug-likeness (QED) is 0.642. The Balaban J connectivity index is 2.82. The van der Waals surface area contributed by atoms with Gasteiger partial charge in [0, 0.05) is 23.1 Å². The molecule has 1 aromatic heterocycles. The topological polar surface area (TPSA) is 59.9 Å². The molecule has 0 saturated carbocycles. The minimum atomic E-state index is -3.53. The second kappa shape index (κ2) is 3.15. The minimum absolute atomic E-state index is 0.211. The molecule has 0 aliphatic carbocycles. The molecule has 11 heavy (non-hydrogen) atoms. The van der Waals surface area contributed by atoms with Gasteiger partial charge >= 0.3 is 0 Å². The lowest BCUT2D eigenvalue weighted by atomic mass is 10.6. The van der Waals surface area contributed by atoms with Gasteiger partial charge in [-0.25, -0.2) is 18.4 Å². The van der Waals surface area contributed by atoms with Gasteiger partial charge in [0.15, 0.2) is 0 Å². The van der Waals surface area contributed by atoms with Gasteiger partial charge in [-0.3, -0.25) is 0 Å². The SMILES string of the molecule is O=S(=O)(Cl)Cc1ncccn1. The maximum absolute atomic E-state index is 10.5. The van der Waals surface area contributed by atoms with Crippen LogP contribution in [0.25, 0.3) is 0 Å². The second-order valence-corrected chi connectivity index (χ2v) is 4.63. The summed E-state index contributed by atoms with van der Waals surface area (Å²) in [4.78, 5) is 7.38. The Hall–Kier alpha value is -0.680. The Morgan fingerprint density at radius 3 is 2.36 bits per heavy atom. The van der Waals surface area contributed by atoms with Crippen LogP contribution in [-0.2, 0) is 14.8 Å². The molecule has 0 aliphatic heterocycles. The van der Waals surface area contributed by atoms with Gasteiger partial charge in [-0.2, -0.15) is 0 Å². The van der Waals surface area contributed by atoms with E-state index in [-0.39, 0.29) is 11.6 Å². The summed E-state index contributed by atoms with van der Waals surface area (Å²) in [6.07, 6.45) is 2.93. The third kappa shape index (κ3) is 3.29. The molecule has 4 nitrogen and oxygen atoms in total. The van der Waals surface area contributed by atoms with Crippen molar-refractivity contribution < 1.29 is 8.42 Å². The molecule has 0 bridgehead atoms. The molecular formula is C5H5ClN2O2S. The monoisotopic (exact) mass is 192 g/mol. The van der Waals surface area contributed by atoms with Crippen LogP contribution < -0.4 is 0 Å². The summed E-state index contributed by atoms with van der Waals surface area (Å²) in [5.41, 5.74) is 0. The average molecular weight is 193 g/mol. The molecule has 1 heterocycles. The Kier molecular flexibility index (Phi) is 2.41. The van der Waals surface area contributed by atoms with Gasteiger partial charge in [-0.15, -0.1) is 0 Å². The maximum atomic E-state index is 10.5. The van der Waals surface area contributed by atoms with E-state index in [1.807, 2.05) is 0 Å². The highest BCUT2D eigenvalue weighted by Gasteiger charge is 2.07. The van der Waals surface area contributed by atoms with E-state index in [1.54, 1.807) is 6.07 Å². The molecule has 0 amide bonds. The van der Waals surface area contributed by atoms with Crippen LogP contribution >= 0.6 is 10.7 Å². The summed E-state index contributed by atoms with van der Waals surface area (Å²) in [6.45, 7) is 0. The molecule has 0 fully saturated rings. The van der Waals surface area contributed by atoms with Crippen molar-refractivity contribution in [2.75, 3.05) is 0 Å². The summed E-state index contributed by atoms with van der Waals surface area (Å²) < 4.78 is 21.0. The van der Waals surface area contributed by atoms with E-state index in [1.165, 1.54) is 12.4 Å². The zero-order valence-corrected chi connectivity index (χ0v) is 7.01. The molecule has 0 aromatic carbocycles. The number of aromatic nitrogens is 2. The molecule has 0 aliphatic rings. The first-order valence-corrected chi connectivity index (χ1v) is 5.24. The normalized spacial score (nSPS) is 11.4. The summed E-state index contributed by atoms with van der Waals surface area (Å²) in [5.74, 6) is -0.113. The van der Waals surface area contributed by atoms with E-state index in [0.717, 1.165) is 0 Å². The van der Waals surface area contributed by atoms with E-state index < -0.39 is 9.05 Å². The minimum Gasteiger partial charge on any atom is -0.240 e. The van der Waals surface area contributed by atoms with Crippen LogP contribution in [0.3, 0.4) is 0 Å². The Bertz CT molecular complexity index is 324. The number of nitrogens with zero attached hydrogens (tertiary/aromatic N) is 2. The molecule has 1 aromatic rings.